The molecule has 0 aliphatic carbocycles. The van der Waals surface area contributed by atoms with Crippen molar-refractivity contribution in [3.63, 3.8) is 0 Å². The Balaban J connectivity index is 1.96. The fourth-order valence-corrected chi connectivity index (χ4v) is 1.86. The van der Waals surface area contributed by atoms with Crippen molar-refractivity contribution in [2.75, 3.05) is 5.73 Å². The average molecular weight is 219 g/mol. The second-order valence-corrected chi connectivity index (χ2v) is 4.32. The summed E-state index contributed by atoms with van der Waals surface area (Å²) in [6.45, 7) is 2.09. The molecule has 0 saturated heterocycles. The standard InChI is InChI=1S/C11H13N3S/c1-8-2-4-9(5-3-8)6-7-10-13-11(12)15-14-10/h2-5H,6-7H2,1H3,(H2,12,13,14). The average Bonchev–Trinajstić information content (AvgIpc) is 2.64. The molecule has 0 amide bonds. The van der Waals surface area contributed by atoms with E-state index < -0.39 is 0 Å². The number of hydrogen-bond donors (Lipinski definition) is 1. The Morgan fingerprint density at radius 1 is 1.20 bits per heavy atom. The van der Waals surface area contributed by atoms with Gasteiger partial charge in [-0.15, -0.1) is 0 Å². The molecule has 0 radical (unpaired) electrons. The minimum atomic E-state index is 0.550. The van der Waals surface area contributed by atoms with Crippen LogP contribution in [0.4, 0.5) is 5.13 Å². The lowest BCUT2D eigenvalue weighted by molar-refractivity contribution is 0.891. The first-order chi connectivity index (χ1) is 7.24. The van der Waals surface area contributed by atoms with Crippen LogP contribution in [0.25, 0.3) is 0 Å². The van der Waals surface area contributed by atoms with E-state index in [2.05, 4.69) is 40.5 Å². The summed E-state index contributed by atoms with van der Waals surface area (Å²) in [5, 5.41) is 0.550. The van der Waals surface area contributed by atoms with Crippen molar-refractivity contribution >= 4 is 16.7 Å². The van der Waals surface area contributed by atoms with Gasteiger partial charge in [0.2, 0.25) is 0 Å². The molecule has 0 atom stereocenters. The molecule has 1 heterocycles. The van der Waals surface area contributed by atoms with Gasteiger partial charge in [0, 0.05) is 18.0 Å². The third-order valence-corrected chi connectivity index (χ3v) is 2.82. The second-order valence-electron chi connectivity index (χ2n) is 3.53. The summed E-state index contributed by atoms with van der Waals surface area (Å²) in [6.07, 6.45) is 1.83. The maximum atomic E-state index is 5.51. The summed E-state index contributed by atoms with van der Waals surface area (Å²) >= 11 is 1.26. The van der Waals surface area contributed by atoms with Crippen LogP contribution in [-0.2, 0) is 12.8 Å². The molecule has 2 aromatic rings. The third-order valence-electron chi connectivity index (χ3n) is 2.24. The normalized spacial score (nSPS) is 10.5. The van der Waals surface area contributed by atoms with Gasteiger partial charge in [0.25, 0.3) is 0 Å². The first kappa shape index (κ1) is 10.1. The topological polar surface area (TPSA) is 51.8 Å². The van der Waals surface area contributed by atoms with Gasteiger partial charge < -0.3 is 5.73 Å². The summed E-state index contributed by atoms with van der Waals surface area (Å²) in [4.78, 5) is 4.13. The van der Waals surface area contributed by atoms with Crippen LogP contribution in [0.3, 0.4) is 0 Å². The van der Waals surface area contributed by atoms with E-state index in [0.29, 0.717) is 5.13 Å². The third kappa shape index (κ3) is 2.76. The zero-order valence-electron chi connectivity index (χ0n) is 8.60. The van der Waals surface area contributed by atoms with Crippen molar-refractivity contribution in [1.29, 1.82) is 0 Å². The number of nitrogens with two attached hydrogens (primary N) is 1. The molecule has 4 heteroatoms. The Morgan fingerprint density at radius 3 is 2.53 bits per heavy atom. The maximum Gasteiger partial charge on any atom is 0.199 e. The minimum Gasteiger partial charge on any atom is -0.374 e. The van der Waals surface area contributed by atoms with Gasteiger partial charge in [-0.05, 0) is 18.9 Å². The number of nitrogens with zero attached hydrogens (tertiary/aromatic N) is 2. The van der Waals surface area contributed by atoms with E-state index in [0.717, 1.165) is 18.7 Å². The van der Waals surface area contributed by atoms with Crippen LogP contribution >= 0.6 is 11.5 Å². The van der Waals surface area contributed by atoms with Gasteiger partial charge in [0.05, 0.1) is 0 Å². The summed E-state index contributed by atoms with van der Waals surface area (Å²) in [6, 6.07) is 8.53. The number of benzene rings is 1. The van der Waals surface area contributed by atoms with Crippen molar-refractivity contribution in [3.8, 4) is 0 Å². The Hall–Kier alpha value is -1.42. The Morgan fingerprint density at radius 2 is 1.93 bits per heavy atom. The van der Waals surface area contributed by atoms with Gasteiger partial charge in [0.15, 0.2) is 5.13 Å². The van der Waals surface area contributed by atoms with Crippen LogP contribution in [0.1, 0.15) is 17.0 Å². The number of rotatable bonds is 3. The van der Waals surface area contributed by atoms with Crippen molar-refractivity contribution < 1.29 is 0 Å². The van der Waals surface area contributed by atoms with Crippen molar-refractivity contribution in [2.24, 2.45) is 0 Å². The predicted octanol–water partition coefficient (Wildman–Crippen LogP) is 2.21. The van der Waals surface area contributed by atoms with Gasteiger partial charge in [-0.1, -0.05) is 29.8 Å². The molecule has 0 unspecified atom stereocenters. The smallest absolute Gasteiger partial charge is 0.199 e. The molecule has 1 aromatic heterocycles. The van der Waals surface area contributed by atoms with E-state index in [1.807, 2.05) is 0 Å². The van der Waals surface area contributed by atoms with Gasteiger partial charge in [0.1, 0.15) is 5.82 Å². The molecule has 78 valence electrons. The van der Waals surface area contributed by atoms with E-state index in [9.17, 15) is 0 Å². The van der Waals surface area contributed by atoms with Crippen molar-refractivity contribution in [1.82, 2.24) is 9.36 Å². The Labute approximate surface area is 93.1 Å². The molecule has 1 aromatic carbocycles. The van der Waals surface area contributed by atoms with E-state index >= 15 is 0 Å². The molecule has 0 bridgehead atoms. The minimum absolute atomic E-state index is 0.550. The van der Waals surface area contributed by atoms with E-state index in [-0.39, 0.29) is 0 Å². The Bertz CT molecular complexity index is 433. The highest BCUT2D eigenvalue weighted by Crippen LogP contribution is 2.10. The lowest BCUT2D eigenvalue weighted by Gasteiger charge is -1.99. The summed E-state index contributed by atoms with van der Waals surface area (Å²) < 4.78 is 4.15. The predicted molar refractivity (Wildman–Crippen MR) is 62.9 cm³/mol. The number of aryl methyl sites for hydroxylation is 3. The fourth-order valence-electron chi connectivity index (χ4n) is 1.38. The molecular weight excluding hydrogens is 206 g/mol. The highest BCUT2D eigenvalue weighted by molar-refractivity contribution is 7.09. The molecular formula is C11H13N3S. The van der Waals surface area contributed by atoms with E-state index in [4.69, 9.17) is 5.73 Å². The second kappa shape index (κ2) is 4.40. The largest absolute Gasteiger partial charge is 0.374 e. The maximum absolute atomic E-state index is 5.51. The van der Waals surface area contributed by atoms with E-state index in [1.54, 1.807) is 0 Å². The summed E-state index contributed by atoms with van der Waals surface area (Å²) in [5.74, 6) is 0.845. The molecule has 2 N–H and O–H groups in total. The molecule has 0 fully saturated rings. The van der Waals surface area contributed by atoms with Crippen LogP contribution in [0, 0.1) is 6.92 Å². The van der Waals surface area contributed by atoms with Crippen LogP contribution in [0.5, 0.6) is 0 Å². The molecule has 0 aliphatic heterocycles. The lowest BCUT2D eigenvalue weighted by Crippen LogP contribution is -1.94. The molecule has 0 spiro atoms. The van der Waals surface area contributed by atoms with Gasteiger partial charge in [-0.25, -0.2) is 4.98 Å². The molecule has 2 rings (SSSR count). The SMILES string of the molecule is Cc1ccc(CCc2nsc(N)n2)cc1. The molecule has 3 nitrogen and oxygen atoms in total. The van der Waals surface area contributed by atoms with Crippen LogP contribution in [0.2, 0.25) is 0 Å². The number of nitrogen functional groups attached to an aromatic ring is 1. The van der Waals surface area contributed by atoms with Crippen molar-refractivity contribution in [2.45, 2.75) is 19.8 Å². The van der Waals surface area contributed by atoms with E-state index in [1.165, 1.54) is 22.7 Å². The van der Waals surface area contributed by atoms with Crippen LogP contribution in [0.15, 0.2) is 24.3 Å². The van der Waals surface area contributed by atoms with Crippen LogP contribution < -0.4 is 5.73 Å². The molecule has 0 aliphatic rings. The Kier molecular flexibility index (Phi) is 2.97. The molecule has 0 saturated carbocycles. The van der Waals surface area contributed by atoms with Gasteiger partial charge in [-0.3, -0.25) is 0 Å². The zero-order valence-corrected chi connectivity index (χ0v) is 9.42. The first-order valence-corrected chi connectivity index (χ1v) is 5.65. The number of anilines is 1. The highest BCUT2D eigenvalue weighted by atomic mass is 32.1. The van der Waals surface area contributed by atoms with Gasteiger partial charge >= 0.3 is 0 Å². The monoisotopic (exact) mass is 219 g/mol. The quantitative estimate of drug-likeness (QED) is 0.861. The molecule has 15 heavy (non-hydrogen) atoms. The lowest BCUT2D eigenvalue weighted by atomic mass is 10.1. The van der Waals surface area contributed by atoms with Gasteiger partial charge in [-0.2, -0.15) is 4.37 Å². The number of aromatic nitrogens is 2. The number of hydrogen-bond acceptors (Lipinski definition) is 4. The zero-order chi connectivity index (χ0) is 10.7. The van der Waals surface area contributed by atoms with Crippen LogP contribution in [-0.4, -0.2) is 9.36 Å². The fraction of sp³-hybridized carbons (Fsp3) is 0.273. The summed E-state index contributed by atoms with van der Waals surface area (Å²) in [5.41, 5.74) is 8.11. The summed E-state index contributed by atoms with van der Waals surface area (Å²) in [7, 11) is 0. The highest BCUT2D eigenvalue weighted by Gasteiger charge is 2.01. The first-order valence-electron chi connectivity index (χ1n) is 4.87. The van der Waals surface area contributed by atoms with Crippen molar-refractivity contribution in [3.05, 3.63) is 41.2 Å².